The summed E-state index contributed by atoms with van der Waals surface area (Å²) in [4.78, 5) is 13.9. The Morgan fingerprint density at radius 2 is 2.00 bits per heavy atom. The number of nitrogens with one attached hydrogen (secondary N) is 1. The Balaban J connectivity index is 1.72. The third-order valence-electron chi connectivity index (χ3n) is 4.42. The highest BCUT2D eigenvalue weighted by molar-refractivity contribution is 7.99. The molecule has 0 aliphatic heterocycles. The van der Waals surface area contributed by atoms with Gasteiger partial charge in [0.2, 0.25) is 5.91 Å². The molecular formula is C22H28N4O2S2. The second-order valence-electron chi connectivity index (χ2n) is 7.43. The molecule has 0 bridgehead atoms. The first-order chi connectivity index (χ1) is 14.4. The number of rotatable bonds is 9. The van der Waals surface area contributed by atoms with Gasteiger partial charge in [-0.3, -0.25) is 9.36 Å². The van der Waals surface area contributed by atoms with Gasteiger partial charge in [-0.15, -0.1) is 21.5 Å². The van der Waals surface area contributed by atoms with E-state index in [1.807, 2.05) is 31.2 Å². The smallest absolute Gasteiger partial charge is 0.234 e. The second-order valence-corrected chi connectivity index (χ2v) is 9.31. The van der Waals surface area contributed by atoms with Crippen LogP contribution in [0.3, 0.4) is 0 Å². The van der Waals surface area contributed by atoms with Crippen LogP contribution in [0.5, 0.6) is 5.75 Å². The highest BCUT2D eigenvalue weighted by Gasteiger charge is 2.19. The van der Waals surface area contributed by atoms with Crippen molar-refractivity contribution < 1.29 is 9.53 Å². The van der Waals surface area contributed by atoms with Crippen LogP contribution in [0.25, 0.3) is 11.4 Å². The lowest BCUT2D eigenvalue weighted by Gasteiger charge is -2.14. The molecule has 1 amide bonds. The lowest BCUT2D eigenvalue weighted by atomic mass is 10.1. The number of carbonyl (C=O) groups excluding carboxylic acids is 1. The summed E-state index contributed by atoms with van der Waals surface area (Å²) in [6.45, 7) is 11.0. The van der Waals surface area contributed by atoms with Crippen LogP contribution in [0.4, 0.5) is 5.69 Å². The molecule has 2 heterocycles. The molecule has 3 rings (SSSR count). The Bertz CT molecular complexity index is 995. The standard InChI is InChI=1S/C22H28N4O2S2/c1-6-28-18-10-8-7-9-17(18)23-20(27)13-30-22-25-24-21(26(22)15(4)5)16-11-19(14(2)3)29-12-16/h7-12,14-15H,6,13H2,1-5H3,(H,23,27). The highest BCUT2D eigenvalue weighted by Crippen LogP contribution is 2.33. The zero-order valence-electron chi connectivity index (χ0n) is 18.0. The van der Waals surface area contributed by atoms with Crippen LogP contribution in [-0.4, -0.2) is 33.0 Å². The van der Waals surface area contributed by atoms with Gasteiger partial charge in [0.1, 0.15) is 5.75 Å². The van der Waals surface area contributed by atoms with Crippen molar-refractivity contribution in [1.82, 2.24) is 14.8 Å². The minimum atomic E-state index is -0.107. The zero-order chi connectivity index (χ0) is 21.7. The Labute approximate surface area is 186 Å². The molecule has 0 spiro atoms. The van der Waals surface area contributed by atoms with Gasteiger partial charge < -0.3 is 10.1 Å². The molecule has 0 saturated heterocycles. The van der Waals surface area contributed by atoms with Gasteiger partial charge in [-0.2, -0.15) is 0 Å². The predicted molar refractivity (Wildman–Crippen MR) is 125 cm³/mol. The summed E-state index contributed by atoms with van der Waals surface area (Å²) in [7, 11) is 0. The monoisotopic (exact) mass is 444 g/mol. The first kappa shape index (κ1) is 22.4. The normalized spacial score (nSPS) is 11.3. The summed E-state index contributed by atoms with van der Waals surface area (Å²) in [5.74, 6) is 2.13. The lowest BCUT2D eigenvalue weighted by molar-refractivity contribution is -0.113. The molecule has 1 aromatic carbocycles. The largest absolute Gasteiger partial charge is 0.492 e. The van der Waals surface area contributed by atoms with Crippen molar-refractivity contribution in [3.63, 3.8) is 0 Å². The fraction of sp³-hybridized carbons (Fsp3) is 0.409. The third kappa shape index (κ3) is 5.23. The van der Waals surface area contributed by atoms with E-state index in [1.165, 1.54) is 16.6 Å². The van der Waals surface area contributed by atoms with Gasteiger partial charge >= 0.3 is 0 Å². The summed E-state index contributed by atoms with van der Waals surface area (Å²) in [6.07, 6.45) is 0. The molecule has 0 aliphatic rings. The van der Waals surface area contributed by atoms with Gasteiger partial charge in [0.25, 0.3) is 0 Å². The second kappa shape index (κ2) is 10.1. The molecule has 160 valence electrons. The number of hydrogen-bond acceptors (Lipinski definition) is 6. The maximum atomic E-state index is 12.5. The summed E-state index contributed by atoms with van der Waals surface area (Å²) in [5.41, 5.74) is 1.75. The van der Waals surface area contributed by atoms with Crippen molar-refractivity contribution in [1.29, 1.82) is 0 Å². The number of thioether (sulfide) groups is 1. The van der Waals surface area contributed by atoms with E-state index in [-0.39, 0.29) is 17.7 Å². The number of aromatic nitrogens is 3. The average Bonchev–Trinajstić information content (AvgIpc) is 3.35. The van der Waals surface area contributed by atoms with Crippen LogP contribution in [0.15, 0.2) is 40.9 Å². The fourth-order valence-corrected chi connectivity index (χ4v) is 4.75. The maximum absolute atomic E-state index is 12.5. The number of anilines is 1. The number of benzene rings is 1. The number of thiophene rings is 1. The van der Waals surface area contributed by atoms with Gasteiger partial charge in [0.05, 0.1) is 18.0 Å². The van der Waals surface area contributed by atoms with Crippen molar-refractivity contribution in [3.05, 3.63) is 40.6 Å². The minimum absolute atomic E-state index is 0.107. The van der Waals surface area contributed by atoms with Crippen molar-refractivity contribution >= 4 is 34.7 Å². The number of para-hydroxylation sites is 2. The summed E-state index contributed by atoms with van der Waals surface area (Å²) in [5, 5.41) is 14.6. The van der Waals surface area contributed by atoms with Crippen LogP contribution < -0.4 is 10.1 Å². The van der Waals surface area contributed by atoms with E-state index >= 15 is 0 Å². The summed E-state index contributed by atoms with van der Waals surface area (Å²) >= 11 is 3.13. The van der Waals surface area contributed by atoms with Crippen LogP contribution in [-0.2, 0) is 4.79 Å². The SMILES string of the molecule is CCOc1ccccc1NC(=O)CSc1nnc(-c2csc(C(C)C)c2)n1C(C)C. The van der Waals surface area contributed by atoms with Crippen LogP contribution >= 0.6 is 23.1 Å². The van der Waals surface area contributed by atoms with Gasteiger partial charge in [-0.05, 0) is 44.9 Å². The number of ether oxygens (including phenoxy) is 1. The molecule has 6 nitrogen and oxygen atoms in total. The maximum Gasteiger partial charge on any atom is 0.234 e. The Hall–Kier alpha value is -2.32. The van der Waals surface area contributed by atoms with Crippen molar-refractivity contribution in [2.45, 2.75) is 51.7 Å². The Morgan fingerprint density at radius 3 is 2.67 bits per heavy atom. The molecule has 0 atom stereocenters. The van der Waals surface area contributed by atoms with Gasteiger partial charge in [-0.25, -0.2) is 0 Å². The van der Waals surface area contributed by atoms with E-state index in [0.717, 1.165) is 16.5 Å². The molecule has 1 N–H and O–H groups in total. The number of hydrogen-bond donors (Lipinski definition) is 1. The first-order valence-corrected chi connectivity index (χ1v) is 11.9. The number of nitrogens with zero attached hydrogens (tertiary/aromatic N) is 3. The van der Waals surface area contributed by atoms with E-state index < -0.39 is 0 Å². The van der Waals surface area contributed by atoms with Crippen molar-refractivity contribution in [3.8, 4) is 17.1 Å². The molecule has 0 radical (unpaired) electrons. The average molecular weight is 445 g/mol. The molecule has 0 aliphatic carbocycles. The minimum Gasteiger partial charge on any atom is -0.492 e. The van der Waals surface area contributed by atoms with Crippen molar-refractivity contribution in [2.24, 2.45) is 0 Å². The molecule has 3 aromatic rings. The van der Waals surface area contributed by atoms with Crippen LogP contribution in [0.2, 0.25) is 0 Å². The van der Waals surface area contributed by atoms with Gasteiger partial charge in [-0.1, -0.05) is 37.7 Å². The van der Waals surface area contributed by atoms with E-state index in [2.05, 4.69) is 59.2 Å². The van der Waals surface area contributed by atoms with Gasteiger partial charge in [0.15, 0.2) is 11.0 Å². The number of amides is 1. The summed E-state index contributed by atoms with van der Waals surface area (Å²) in [6, 6.07) is 9.81. The van der Waals surface area contributed by atoms with E-state index in [0.29, 0.717) is 24.0 Å². The molecule has 30 heavy (non-hydrogen) atoms. The van der Waals surface area contributed by atoms with E-state index in [1.54, 1.807) is 11.3 Å². The zero-order valence-corrected chi connectivity index (χ0v) is 19.6. The molecule has 2 aromatic heterocycles. The van der Waals surface area contributed by atoms with E-state index in [4.69, 9.17) is 4.74 Å². The molecule has 0 saturated carbocycles. The molecule has 0 fully saturated rings. The van der Waals surface area contributed by atoms with Gasteiger partial charge in [0, 0.05) is 21.9 Å². The highest BCUT2D eigenvalue weighted by atomic mass is 32.2. The molecule has 8 heteroatoms. The Morgan fingerprint density at radius 1 is 1.23 bits per heavy atom. The first-order valence-electron chi connectivity index (χ1n) is 10.1. The van der Waals surface area contributed by atoms with E-state index in [9.17, 15) is 4.79 Å². The summed E-state index contributed by atoms with van der Waals surface area (Å²) < 4.78 is 7.67. The Kier molecular flexibility index (Phi) is 7.55. The topological polar surface area (TPSA) is 69.0 Å². The molecule has 0 unspecified atom stereocenters. The van der Waals surface area contributed by atoms with Crippen LogP contribution in [0, 0.1) is 0 Å². The number of carbonyl (C=O) groups is 1. The molecular weight excluding hydrogens is 416 g/mol. The predicted octanol–water partition coefficient (Wildman–Crippen LogP) is 5.84. The lowest BCUT2D eigenvalue weighted by Crippen LogP contribution is -2.15. The van der Waals surface area contributed by atoms with Crippen LogP contribution in [0.1, 0.15) is 51.5 Å². The van der Waals surface area contributed by atoms with Crippen molar-refractivity contribution in [2.75, 3.05) is 17.7 Å². The third-order valence-corrected chi connectivity index (χ3v) is 6.60. The quantitative estimate of drug-likeness (QED) is 0.420. The fourth-order valence-electron chi connectivity index (χ4n) is 2.98.